The molecule has 2 rings (SSSR count). The van der Waals surface area contributed by atoms with Gasteiger partial charge in [-0.3, -0.25) is 4.79 Å². The number of rotatable bonds is 6. The highest BCUT2D eigenvalue weighted by Crippen LogP contribution is 2.34. The van der Waals surface area contributed by atoms with Crippen LogP contribution in [0.4, 0.5) is 18.3 Å². The van der Waals surface area contributed by atoms with Gasteiger partial charge >= 0.3 is 6.18 Å². The summed E-state index contributed by atoms with van der Waals surface area (Å²) in [6.45, 7) is 3.03. The number of aromatic nitrogens is 2. The zero-order chi connectivity index (χ0) is 15.5. The number of nitrogens with one attached hydrogen (secondary N) is 1. The van der Waals surface area contributed by atoms with Gasteiger partial charge in [0.2, 0.25) is 11.0 Å². The number of halogens is 3. The number of carbonyl (C=O) groups excluding carboxylic acids is 1. The standard InChI is InChI=1S/C11H13F3N4OS2/c1-2-4-15-9-16-17-10(21-9)20-7-3-5-18(8(7)19)6-11(12,13)14/h2,7H,1,3-6H2,(H,15,16). The van der Waals surface area contributed by atoms with Crippen LogP contribution in [0.5, 0.6) is 0 Å². The molecular weight excluding hydrogens is 325 g/mol. The van der Waals surface area contributed by atoms with Crippen LogP contribution >= 0.6 is 23.1 Å². The van der Waals surface area contributed by atoms with E-state index in [0.717, 1.165) is 16.7 Å². The van der Waals surface area contributed by atoms with Gasteiger partial charge in [-0.2, -0.15) is 13.2 Å². The number of carbonyl (C=O) groups is 1. The lowest BCUT2D eigenvalue weighted by atomic mass is 10.4. The summed E-state index contributed by atoms with van der Waals surface area (Å²) in [5.74, 6) is -0.492. The van der Waals surface area contributed by atoms with E-state index >= 15 is 0 Å². The molecule has 21 heavy (non-hydrogen) atoms. The second-order valence-corrected chi connectivity index (χ2v) is 6.74. The van der Waals surface area contributed by atoms with Crippen molar-refractivity contribution >= 4 is 34.1 Å². The Bertz CT molecular complexity index is 520. The van der Waals surface area contributed by atoms with Gasteiger partial charge in [0.1, 0.15) is 6.54 Å². The predicted octanol–water partition coefficient (Wildman–Crippen LogP) is 2.39. The summed E-state index contributed by atoms with van der Waals surface area (Å²) in [6, 6.07) is 0. The second-order valence-electron chi connectivity index (χ2n) is 4.31. The number of likely N-dealkylation sites (tertiary alicyclic amines) is 1. The van der Waals surface area contributed by atoms with E-state index in [1.165, 1.54) is 11.3 Å². The summed E-state index contributed by atoms with van der Waals surface area (Å²) in [7, 11) is 0. The van der Waals surface area contributed by atoms with Crippen molar-refractivity contribution in [1.29, 1.82) is 0 Å². The Morgan fingerprint density at radius 1 is 1.52 bits per heavy atom. The van der Waals surface area contributed by atoms with Crippen LogP contribution < -0.4 is 5.32 Å². The van der Waals surface area contributed by atoms with Crippen molar-refractivity contribution in [2.75, 3.05) is 25.0 Å². The molecule has 0 aliphatic carbocycles. The normalized spacial score (nSPS) is 19.1. The van der Waals surface area contributed by atoms with Crippen molar-refractivity contribution in [1.82, 2.24) is 15.1 Å². The number of amides is 1. The third-order valence-electron chi connectivity index (χ3n) is 2.67. The Balaban J connectivity index is 1.90. The molecular formula is C11H13F3N4OS2. The van der Waals surface area contributed by atoms with Gasteiger partial charge in [-0.1, -0.05) is 29.2 Å². The summed E-state index contributed by atoms with van der Waals surface area (Å²) in [5.41, 5.74) is 0. The SMILES string of the molecule is C=CCNc1nnc(SC2CCN(CC(F)(F)F)C2=O)s1. The first kappa shape index (κ1) is 16.1. The van der Waals surface area contributed by atoms with E-state index in [0.29, 0.717) is 22.4 Å². The van der Waals surface area contributed by atoms with Gasteiger partial charge in [-0.05, 0) is 6.42 Å². The molecule has 0 aromatic carbocycles. The number of anilines is 1. The summed E-state index contributed by atoms with van der Waals surface area (Å²) < 4.78 is 37.5. The number of nitrogens with zero attached hydrogens (tertiary/aromatic N) is 3. The molecule has 1 fully saturated rings. The average molecular weight is 338 g/mol. The van der Waals surface area contributed by atoms with E-state index in [4.69, 9.17) is 0 Å². The van der Waals surface area contributed by atoms with Crippen LogP contribution in [-0.4, -0.2) is 52.1 Å². The van der Waals surface area contributed by atoms with Crippen molar-refractivity contribution in [3.8, 4) is 0 Å². The van der Waals surface area contributed by atoms with Gasteiger partial charge in [-0.15, -0.1) is 16.8 Å². The Morgan fingerprint density at radius 2 is 2.29 bits per heavy atom. The van der Waals surface area contributed by atoms with Gasteiger partial charge in [0, 0.05) is 13.1 Å². The van der Waals surface area contributed by atoms with Crippen molar-refractivity contribution < 1.29 is 18.0 Å². The maximum atomic E-state index is 12.3. The van der Waals surface area contributed by atoms with Gasteiger partial charge < -0.3 is 10.2 Å². The van der Waals surface area contributed by atoms with Crippen LogP contribution in [0.2, 0.25) is 0 Å². The number of hydrogen-bond donors (Lipinski definition) is 1. The van der Waals surface area contributed by atoms with Gasteiger partial charge in [0.25, 0.3) is 0 Å². The molecule has 1 aromatic rings. The molecule has 2 heterocycles. The first-order valence-corrected chi connectivity index (χ1v) is 7.79. The quantitative estimate of drug-likeness (QED) is 0.807. The molecule has 0 spiro atoms. The topological polar surface area (TPSA) is 58.1 Å². The molecule has 1 amide bonds. The summed E-state index contributed by atoms with van der Waals surface area (Å²) in [6.07, 6.45) is -2.31. The van der Waals surface area contributed by atoms with Crippen molar-refractivity contribution in [2.24, 2.45) is 0 Å². The molecule has 1 N–H and O–H groups in total. The van der Waals surface area contributed by atoms with Crippen molar-refractivity contribution in [3.63, 3.8) is 0 Å². The molecule has 1 saturated heterocycles. The summed E-state index contributed by atoms with van der Waals surface area (Å²) in [4.78, 5) is 12.7. The minimum atomic E-state index is -4.36. The van der Waals surface area contributed by atoms with Crippen molar-refractivity contribution in [2.45, 2.75) is 22.2 Å². The van der Waals surface area contributed by atoms with Crippen molar-refractivity contribution in [3.05, 3.63) is 12.7 Å². The molecule has 116 valence electrons. The molecule has 1 atom stereocenters. The number of thioether (sulfide) groups is 1. The Labute approximate surface area is 127 Å². The Hall–Kier alpha value is -1.29. The fourth-order valence-corrected chi connectivity index (χ4v) is 3.87. The predicted molar refractivity (Wildman–Crippen MR) is 75.5 cm³/mol. The minimum Gasteiger partial charge on any atom is -0.357 e. The third kappa shape index (κ3) is 4.60. The average Bonchev–Trinajstić information content (AvgIpc) is 2.97. The first-order valence-electron chi connectivity index (χ1n) is 6.09. The molecule has 0 radical (unpaired) electrons. The zero-order valence-electron chi connectivity index (χ0n) is 10.9. The molecule has 1 aliphatic heterocycles. The largest absolute Gasteiger partial charge is 0.406 e. The van der Waals surface area contributed by atoms with Crippen LogP contribution in [0.25, 0.3) is 0 Å². The highest BCUT2D eigenvalue weighted by molar-refractivity contribution is 8.02. The van der Waals surface area contributed by atoms with Crippen LogP contribution in [0.15, 0.2) is 17.0 Å². The van der Waals surface area contributed by atoms with Crippen LogP contribution in [0.1, 0.15) is 6.42 Å². The summed E-state index contributed by atoms with van der Waals surface area (Å²) in [5, 5.41) is 10.8. The van der Waals surface area contributed by atoms with Gasteiger partial charge in [0.15, 0.2) is 4.34 Å². The third-order valence-corrected chi connectivity index (χ3v) is 4.89. The molecule has 0 saturated carbocycles. The highest BCUT2D eigenvalue weighted by atomic mass is 32.2. The molecule has 0 bridgehead atoms. The van der Waals surface area contributed by atoms with Crippen LogP contribution in [-0.2, 0) is 4.79 Å². The van der Waals surface area contributed by atoms with E-state index in [1.807, 2.05) is 0 Å². The van der Waals surface area contributed by atoms with Crippen LogP contribution in [0.3, 0.4) is 0 Å². The monoisotopic (exact) mass is 338 g/mol. The lowest BCUT2D eigenvalue weighted by Crippen LogP contribution is -2.36. The maximum Gasteiger partial charge on any atom is 0.406 e. The molecule has 5 nitrogen and oxygen atoms in total. The summed E-state index contributed by atoms with van der Waals surface area (Å²) >= 11 is 2.43. The van der Waals surface area contributed by atoms with Gasteiger partial charge in [0.05, 0.1) is 5.25 Å². The smallest absolute Gasteiger partial charge is 0.357 e. The molecule has 1 unspecified atom stereocenters. The highest BCUT2D eigenvalue weighted by Gasteiger charge is 2.40. The lowest BCUT2D eigenvalue weighted by molar-refractivity contribution is -0.157. The first-order chi connectivity index (χ1) is 9.89. The Morgan fingerprint density at radius 3 is 2.95 bits per heavy atom. The zero-order valence-corrected chi connectivity index (χ0v) is 12.5. The minimum absolute atomic E-state index is 0.121. The van der Waals surface area contributed by atoms with E-state index < -0.39 is 23.9 Å². The lowest BCUT2D eigenvalue weighted by Gasteiger charge is -2.17. The fraction of sp³-hybridized carbons (Fsp3) is 0.545. The van der Waals surface area contributed by atoms with Crippen LogP contribution in [0, 0.1) is 0 Å². The second kappa shape index (κ2) is 6.65. The number of alkyl halides is 3. The number of hydrogen-bond acceptors (Lipinski definition) is 6. The van der Waals surface area contributed by atoms with E-state index in [-0.39, 0.29) is 6.54 Å². The maximum absolute atomic E-state index is 12.3. The molecule has 1 aliphatic rings. The van der Waals surface area contributed by atoms with E-state index in [9.17, 15) is 18.0 Å². The van der Waals surface area contributed by atoms with E-state index in [1.54, 1.807) is 6.08 Å². The van der Waals surface area contributed by atoms with E-state index in [2.05, 4.69) is 22.1 Å². The molecule has 10 heteroatoms. The Kier molecular flexibility index (Phi) is 5.09. The fourth-order valence-electron chi connectivity index (χ4n) is 1.80. The molecule has 1 aromatic heterocycles. The van der Waals surface area contributed by atoms with Gasteiger partial charge in [-0.25, -0.2) is 0 Å².